The lowest BCUT2D eigenvalue weighted by Crippen LogP contribution is -2.32. The van der Waals surface area contributed by atoms with Gasteiger partial charge in [-0.05, 0) is 12.1 Å². The lowest BCUT2D eigenvalue weighted by atomic mass is 10.3. The number of hydrazine groups is 1. The second-order valence-electron chi connectivity index (χ2n) is 3.35. The fourth-order valence-electron chi connectivity index (χ4n) is 1.33. The summed E-state index contributed by atoms with van der Waals surface area (Å²) in [5.41, 5.74) is 2.40. The third-order valence-electron chi connectivity index (χ3n) is 2.11. The minimum Gasteiger partial charge on any atom is -0.333 e. The van der Waals surface area contributed by atoms with E-state index >= 15 is 0 Å². The molecule has 1 aliphatic rings. The van der Waals surface area contributed by atoms with E-state index in [1.807, 2.05) is 5.43 Å². The molecule has 0 saturated heterocycles. The van der Waals surface area contributed by atoms with Crippen LogP contribution >= 0.6 is 11.8 Å². The summed E-state index contributed by atoms with van der Waals surface area (Å²) in [5, 5.41) is 3.00. The van der Waals surface area contributed by atoms with Gasteiger partial charge < -0.3 is 5.32 Å². The number of para-hydroxylation sites is 1. The van der Waals surface area contributed by atoms with Crippen LogP contribution in [0.3, 0.4) is 0 Å². The van der Waals surface area contributed by atoms with Crippen molar-refractivity contribution >= 4 is 38.5 Å². The molecular formula is C9H10N4O3S2. The number of nitrogens with two attached hydrogens (primary N) is 1. The summed E-state index contributed by atoms with van der Waals surface area (Å²) >= 11 is 0.964. The fourth-order valence-corrected chi connectivity index (χ4v) is 3.38. The number of anilines is 1. The van der Waals surface area contributed by atoms with E-state index in [1.165, 1.54) is 6.07 Å². The van der Waals surface area contributed by atoms with Gasteiger partial charge in [-0.3, -0.25) is 10.2 Å². The van der Waals surface area contributed by atoms with Gasteiger partial charge in [-0.2, -0.15) is 8.42 Å². The number of nitrogens with one attached hydrogen (secondary N) is 2. The van der Waals surface area contributed by atoms with Crippen LogP contribution in [0.2, 0.25) is 0 Å². The van der Waals surface area contributed by atoms with E-state index in [1.54, 1.807) is 18.2 Å². The number of sulfonamides is 1. The molecule has 7 nitrogen and oxygen atoms in total. The second kappa shape index (κ2) is 4.96. The summed E-state index contributed by atoms with van der Waals surface area (Å²) in [7, 11) is -3.70. The van der Waals surface area contributed by atoms with Crippen LogP contribution in [0.1, 0.15) is 0 Å². The number of hydrogen-bond acceptors (Lipinski definition) is 6. The van der Waals surface area contributed by atoms with E-state index in [0.717, 1.165) is 11.8 Å². The van der Waals surface area contributed by atoms with E-state index in [2.05, 4.69) is 9.71 Å². The van der Waals surface area contributed by atoms with Crippen LogP contribution in [-0.2, 0) is 14.8 Å². The Labute approximate surface area is 108 Å². The van der Waals surface area contributed by atoms with Crippen LogP contribution in [0.15, 0.2) is 33.6 Å². The monoisotopic (exact) mass is 286 g/mol. The van der Waals surface area contributed by atoms with Crippen molar-refractivity contribution in [2.24, 2.45) is 10.2 Å². The summed E-state index contributed by atoms with van der Waals surface area (Å²) in [6.07, 6.45) is 0. The van der Waals surface area contributed by atoms with Crippen molar-refractivity contribution in [2.45, 2.75) is 4.90 Å². The summed E-state index contributed by atoms with van der Waals surface area (Å²) < 4.78 is 27.2. The lowest BCUT2D eigenvalue weighted by molar-refractivity contribution is -0.118. The van der Waals surface area contributed by atoms with E-state index in [4.69, 9.17) is 5.84 Å². The Bertz CT molecular complexity index is 612. The van der Waals surface area contributed by atoms with Crippen LogP contribution in [-0.4, -0.2) is 25.2 Å². The normalized spacial score (nSPS) is 16.2. The second-order valence-corrected chi connectivity index (χ2v) is 5.89. The van der Waals surface area contributed by atoms with Gasteiger partial charge in [-0.25, -0.2) is 5.84 Å². The number of fused-ring (bicyclic) bond motifs is 1. The zero-order chi connectivity index (χ0) is 13.2. The predicted molar refractivity (Wildman–Crippen MR) is 69.5 cm³/mol. The van der Waals surface area contributed by atoms with Crippen LogP contribution in [0.25, 0.3) is 0 Å². The SMILES string of the molecule is NNC(=O)CSC1=NS(=O)(=O)c2ccccc2N1. The summed E-state index contributed by atoms with van der Waals surface area (Å²) in [6, 6.07) is 6.43. The van der Waals surface area contributed by atoms with Crippen molar-refractivity contribution in [1.29, 1.82) is 0 Å². The predicted octanol–water partition coefficient (Wildman–Crippen LogP) is -0.120. The molecule has 0 atom stereocenters. The van der Waals surface area contributed by atoms with Crippen molar-refractivity contribution in [2.75, 3.05) is 11.1 Å². The Morgan fingerprint density at radius 1 is 1.44 bits per heavy atom. The first kappa shape index (κ1) is 12.9. The molecule has 0 spiro atoms. The standard InChI is InChI=1S/C9H10N4O3S2/c10-12-8(14)5-17-9-11-6-3-1-2-4-7(6)18(15,16)13-9/h1-4H,5,10H2,(H,11,13)(H,12,14). The Balaban J connectivity index is 2.23. The molecule has 0 bridgehead atoms. The number of carbonyl (C=O) groups is 1. The first-order valence-electron chi connectivity index (χ1n) is 4.86. The molecule has 0 fully saturated rings. The molecule has 4 N–H and O–H groups in total. The van der Waals surface area contributed by atoms with Crippen LogP contribution < -0.4 is 16.6 Å². The highest BCUT2D eigenvalue weighted by atomic mass is 32.2. The molecule has 0 aromatic heterocycles. The average molecular weight is 286 g/mol. The molecule has 96 valence electrons. The number of hydrogen-bond donors (Lipinski definition) is 3. The molecule has 1 aromatic rings. The minimum absolute atomic E-state index is 0.0139. The molecule has 1 aromatic carbocycles. The van der Waals surface area contributed by atoms with Crippen LogP contribution in [0.4, 0.5) is 5.69 Å². The topological polar surface area (TPSA) is 114 Å². The lowest BCUT2D eigenvalue weighted by Gasteiger charge is -2.16. The third kappa shape index (κ3) is 2.63. The summed E-state index contributed by atoms with van der Waals surface area (Å²) in [4.78, 5) is 11.1. The maximum absolute atomic E-state index is 11.8. The van der Waals surface area contributed by atoms with Crippen molar-refractivity contribution in [3.05, 3.63) is 24.3 Å². The number of nitrogens with zero attached hydrogens (tertiary/aromatic N) is 1. The van der Waals surface area contributed by atoms with Crippen LogP contribution in [0.5, 0.6) is 0 Å². The van der Waals surface area contributed by atoms with E-state index in [-0.39, 0.29) is 15.8 Å². The molecule has 2 rings (SSSR count). The molecule has 0 saturated carbocycles. The van der Waals surface area contributed by atoms with Gasteiger partial charge in [0.15, 0.2) is 5.17 Å². The van der Waals surface area contributed by atoms with Gasteiger partial charge in [0.25, 0.3) is 10.0 Å². The largest absolute Gasteiger partial charge is 0.333 e. The molecule has 1 amide bonds. The molecule has 0 radical (unpaired) electrons. The molecule has 9 heteroatoms. The van der Waals surface area contributed by atoms with E-state index < -0.39 is 15.9 Å². The quantitative estimate of drug-likeness (QED) is 0.397. The van der Waals surface area contributed by atoms with Gasteiger partial charge in [0.1, 0.15) is 4.90 Å². The van der Waals surface area contributed by atoms with Gasteiger partial charge in [0.05, 0.1) is 11.4 Å². The molecule has 18 heavy (non-hydrogen) atoms. The summed E-state index contributed by atoms with van der Waals surface area (Å²) in [6.45, 7) is 0. The third-order valence-corrected chi connectivity index (χ3v) is 4.43. The first-order chi connectivity index (χ1) is 8.53. The zero-order valence-electron chi connectivity index (χ0n) is 9.08. The Hall–Kier alpha value is -1.58. The maximum atomic E-state index is 11.8. The molecule has 1 aliphatic heterocycles. The zero-order valence-corrected chi connectivity index (χ0v) is 10.7. The molecular weight excluding hydrogens is 276 g/mol. The number of benzene rings is 1. The highest BCUT2D eigenvalue weighted by molar-refractivity contribution is 8.15. The van der Waals surface area contributed by atoms with E-state index in [0.29, 0.717) is 5.69 Å². The number of amides is 1. The van der Waals surface area contributed by atoms with Crippen molar-refractivity contribution in [1.82, 2.24) is 5.43 Å². The number of amidine groups is 1. The Kier molecular flexibility index (Phi) is 3.55. The molecule has 0 unspecified atom stereocenters. The van der Waals surface area contributed by atoms with Gasteiger partial charge in [-0.15, -0.1) is 4.40 Å². The number of rotatable bonds is 2. The van der Waals surface area contributed by atoms with E-state index in [9.17, 15) is 13.2 Å². The molecule has 1 heterocycles. The van der Waals surface area contributed by atoms with Gasteiger partial charge in [0, 0.05) is 0 Å². The van der Waals surface area contributed by atoms with Crippen molar-refractivity contribution < 1.29 is 13.2 Å². The highest BCUT2D eigenvalue weighted by Crippen LogP contribution is 2.28. The summed E-state index contributed by atoms with van der Waals surface area (Å²) in [5.74, 6) is 4.50. The van der Waals surface area contributed by atoms with Crippen molar-refractivity contribution in [3.8, 4) is 0 Å². The smallest absolute Gasteiger partial charge is 0.286 e. The van der Waals surface area contributed by atoms with Gasteiger partial charge in [-0.1, -0.05) is 23.9 Å². The van der Waals surface area contributed by atoms with Gasteiger partial charge >= 0.3 is 0 Å². The molecule has 0 aliphatic carbocycles. The number of thioether (sulfide) groups is 1. The number of carbonyl (C=O) groups excluding carboxylic acids is 1. The Morgan fingerprint density at radius 3 is 2.89 bits per heavy atom. The average Bonchev–Trinajstić information content (AvgIpc) is 2.35. The first-order valence-corrected chi connectivity index (χ1v) is 7.29. The minimum atomic E-state index is -3.70. The van der Waals surface area contributed by atoms with Crippen LogP contribution in [0, 0.1) is 0 Å². The fraction of sp³-hybridized carbons (Fsp3) is 0.111. The van der Waals surface area contributed by atoms with Gasteiger partial charge in [0.2, 0.25) is 5.91 Å². The maximum Gasteiger partial charge on any atom is 0.286 e. The Morgan fingerprint density at radius 2 is 2.17 bits per heavy atom. The van der Waals surface area contributed by atoms with Crippen molar-refractivity contribution in [3.63, 3.8) is 0 Å². The highest BCUT2D eigenvalue weighted by Gasteiger charge is 2.24.